The summed E-state index contributed by atoms with van der Waals surface area (Å²) in [4.78, 5) is 21.3. The summed E-state index contributed by atoms with van der Waals surface area (Å²) in [6.45, 7) is 5.16. The van der Waals surface area contributed by atoms with Crippen LogP contribution in [0.15, 0.2) is 0 Å². The van der Waals surface area contributed by atoms with Crippen molar-refractivity contribution in [1.29, 1.82) is 0 Å². The molecule has 0 radical (unpaired) electrons. The van der Waals surface area contributed by atoms with Crippen LogP contribution in [0.25, 0.3) is 0 Å². The van der Waals surface area contributed by atoms with Crippen molar-refractivity contribution in [3.63, 3.8) is 0 Å². The molecule has 2 rings (SSSR count). The molecule has 0 aliphatic carbocycles. The number of nitrogens with zero attached hydrogens (tertiary/aromatic N) is 3. The van der Waals surface area contributed by atoms with Crippen LogP contribution in [0, 0.1) is 0 Å². The van der Waals surface area contributed by atoms with E-state index in [-0.39, 0.29) is 6.42 Å². The van der Waals surface area contributed by atoms with E-state index in [1.807, 2.05) is 0 Å². The molecule has 1 aliphatic rings. The van der Waals surface area contributed by atoms with Crippen LogP contribution >= 0.6 is 11.3 Å². The summed E-state index contributed by atoms with van der Waals surface area (Å²) in [6, 6.07) is 0.589. The predicted molar refractivity (Wildman–Crippen MR) is 84.8 cm³/mol. The summed E-state index contributed by atoms with van der Waals surface area (Å²) >= 11 is 1.67. The first-order valence-electron chi connectivity index (χ1n) is 7.57. The highest BCUT2D eigenvalue weighted by atomic mass is 32.1. The molecular formula is C15H25N3O2S. The lowest BCUT2D eigenvalue weighted by molar-refractivity contribution is -0.136. The molecule has 0 amide bonds. The minimum absolute atomic E-state index is 0.0348. The van der Waals surface area contributed by atoms with Gasteiger partial charge in [-0.15, -0.1) is 11.3 Å². The highest BCUT2D eigenvalue weighted by molar-refractivity contribution is 7.11. The van der Waals surface area contributed by atoms with Crippen molar-refractivity contribution >= 4 is 17.3 Å². The SMILES string of the molecule is CCc1nc(CC(=O)O)c(CN(C)C2CCN(C)CC2)s1. The van der Waals surface area contributed by atoms with E-state index >= 15 is 0 Å². The minimum Gasteiger partial charge on any atom is -0.481 e. The van der Waals surface area contributed by atoms with Crippen LogP contribution in [-0.2, 0) is 24.2 Å². The molecule has 0 atom stereocenters. The molecule has 1 aromatic rings. The Kier molecular flexibility index (Phi) is 5.72. The van der Waals surface area contributed by atoms with E-state index < -0.39 is 5.97 Å². The number of aliphatic carboxylic acids is 1. The standard InChI is InChI=1S/C15H25N3O2S/c1-4-14-16-12(9-15(19)20)13(21-14)10-18(3)11-5-7-17(2)8-6-11/h11H,4-10H2,1-3H3,(H,19,20). The summed E-state index contributed by atoms with van der Waals surface area (Å²) < 4.78 is 0. The van der Waals surface area contributed by atoms with Crippen LogP contribution in [0.2, 0.25) is 0 Å². The molecular weight excluding hydrogens is 286 g/mol. The van der Waals surface area contributed by atoms with Gasteiger partial charge in [-0.1, -0.05) is 6.92 Å². The van der Waals surface area contributed by atoms with Crippen LogP contribution < -0.4 is 0 Å². The number of hydrogen-bond donors (Lipinski definition) is 1. The normalized spacial score (nSPS) is 17.5. The van der Waals surface area contributed by atoms with Crippen molar-refractivity contribution in [2.75, 3.05) is 27.2 Å². The molecule has 1 fully saturated rings. The molecule has 0 aromatic carbocycles. The van der Waals surface area contributed by atoms with Gasteiger partial charge in [0.2, 0.25) is 0 Å². The summed E-state index contributed by atoms with van der Waals surface area (Å²) in [5.74, 6) is -0.800. The molecule has 0 saturated carbocycles. The molecule has 1 aliphatic heterocycles. The van der Waals surface area contributed by atoms with Crippen molar-refractivity contribution in [1.82, 2.24) is 14.8 Å². The number of carboxylic acids is 1. The van der Waals surface area contributed by atoms with Gasteiger partial charge in [-0.25, -0.2) is 4.98 Å². The number of aromatic nitrogens is 1. The monoisotopic (exact) mass is 311 g/mol. The lowest BCUT2D eigenvalue weighted by Gasteiger charge is -2.35. The molecule has 0 unspecified atom stereocenters. The molecule has 6 heteroatoms. The fraction of sp³-hybridized carbons (Fsp3) is 0.733. The lowest BCUT2D eigenvalue weighted by atomic mass is 10.0. The molecule has 1 saturated heterocycles. The Morgan fingerprint density at radius 3 is 2.71 bits per heavy atom. The average Bonchev–Trinajstić information content (AvgIpc) is 2.81. The topological polar surface area (TPSA) is 56.7 Å². The van der Waals surface area contributed by atoms with Crippen LogP contribution in [0.1, 0.15) is 35.3 Å². The van der Waals surface area contributed by atoms with Gasteiger partial charge in [0.05, 0.1) is 17.1 Å². The maximum absolute atomic E-state index is 11.0. The van der Waals surface area contributed by atoms with Gasteiger partial charge in [-0.05, 0) is 46.4 Å². The first kappa shape index (κ1) is 16.4. The van der Waals surface area contributed by atoms with Gasteiger partial charge in [0.25, 0.3) is 0 Å². The molecule has 2 heterocycles. The van der Waals surface area contributed by atoms with Gasteiger partial charge in [-0.2, -0.15) is 0 Å². The zero-order valence-corrected chi connectivity index (χ0v) is 13.9. The van der Waals surface area contributed by atoms with Gasteiger partial charge in [0.15, 0.2) is 0 Å². The van der Waals surface area contributed by atoms with E-state index in [0.29, 0.717) is 6.04 Å². The predicted octanol–water partition coefficient (Wildman–Crippen LogP) is 1.86. The zero-order chi connectivity index (χ0) is 15.4. The average molecular weight is 311 g/mol. The number of thiazole rings is 1. The third-order valence-electron chi connectivity index (χ3n) is 4.15. The van der Waals surface area contributed by atoms with Crippen molar-refractivity contribution in [3.8, 4) is 0 Å². The van der Waals surface area contributed by atoms with Gasteiger partial charge >= 0.3 is 5.97 Å². The van der Waals surface area contributed by atoms with E-state index in [4.69, 9.17) is 5.11 Å². The van der Waals surface area contributed by atoms with Gasteiger partial charge in [0.1, 0.15) is 0 Å². The van der Waals surface area contributed by atoms with Gasteiger partial charge < -0.3 is 10.0 Å². The Bertz CT molecular complexity index is 481. The van der Waals surface area contributed by atoms with Crippen LogP contribution in [0.4, 0.5) is 0 Å². The van der Waals surface area contributed by atoms with Crippen LogP contribution in [0.3, 0.4) is 0 Å². The third-order valence-corrected chi connectivity index (χ3v) is 5.37. The van der Waals surface area contributed by atoms with E-state index in [2.05, 4.69) is 35.8 Å². The lowest BCUT2D eigenvalue weighted by Crippen LogP contribution is -2.41. The maximum atomic E-state index is 11.0. The number of aryl methyl sites for hydroxylation is 1. The molecule has 1 N–H and O–H groups in total. The molecule has 5 nitrogen and oxygen atoms in total. The quantitative estimate of drug-likeness (QED) is 0.869. The fourth-order valence-electron chi connectivity index (χ4n) is 2.78. The summed E-state index contributed by atoms with van der Waals surface area (Å²) in [7, 11) is 4.31. The Hall–Kier alpha value is -0.980. The highest BCUT2D eigenvalue weighted by Gasteiger charge is 2.22. The minimum atomic E-state index is -0.800. The number of likely N-dealkylation sites (tertiary alicyclic amines) is 1. The van der Waals surface area contributed by atoms with Crippen molar-refractivity contribution < 1.29 is 9.90 Å². The van der Waals surface area contributed by atoms with Crippen molar-refractivity contribution in [3.05, 3.63) is 15.6 Å². The Balaban J connectivity index is 2.03. The summed E-state index contributed by atoms with van der Waals surface area (Å²) in [6.07, 6.45) is 3.27. The third kappa shape index (κ3) is 4.49. The second kappa shape index (κ2) is 7.33. The second-order valence-electron chi connectivity index (χ2n) is 5.85. The number of rotatable bonds is 6. The number of hydrogen-bond acceptors (Lipinski definition) is 5. The molecule has 0 spiro atoms. The number of carbonyl (C=O) groups is 1. The largest absolute Gasteiger partial charge is 0.481 e. The Morgan fingerprint density at radius 2 is 2.14 bits per heavy atom. The summed E-state index contributed by atoms with van der Waals surface area (Å²) in [5, 5.41) is 10.1. The fourth-order valence-corrected chi connectivity index (χ4v) is 3.87. The summed E-state index contributed by atoms with van der Waals surface area (Å²) in [5.41, 5.74) is 0.754. The van der Waals surface area contributed by atoms with Crippen LogP contribution in [0.5, 0.6) is 0 Å². The van der Waals surface area contributed by atoms with E-state index in [0.717, 1.165) is 41.6 Å². The molecule has 21 heavy (non-hydrogen) atoms. The molecule has 0 bridgehead atoms. The van der Waals surface area contributed by atoms with Crippen molar-refractivity contribution in [2.24, 2.45) is 0 Å². The van der Waals surface area contributed by atoms with Gasteiger partial charge in [0, 0.05) is 17.5 Å². The Labute approximate surface area is 130 Å². The second-order valence-corrected chi connectivity index (χ2v) is 7.02. The van der Waals surface area contributed by atoms with Crippen LogP contribution in [-0.4, -0.2) is 59.1 Å². The molecule has 1 aromatic heterocycles. The highest BCUT2D eigenvalue weighted by Crippen LogP contribution is 2.24. The van der Waals surface area contributed by atoms with Gasteiger partial charge in [-0.3, -0.25) is 9.69 Å². The first-order valence-corrected chi connectivity index (χ1v) is 8.39. The number of carboxylic acid groups (broad SMARTS) is 1. The maximum Gasteiger partial charge on any atom is 0.309 e. The van der Waals surface area contributed by atoms with E-state index in [1.54, 1.807) is 11.3 Å². The first-order chi connectivity index (χ1) is 9.99. The van der Waals surface area contributed by atoms with Crippen molar-refractivity contribution in [2.45, 2.75) is 45.2 Å². The molecule has 118 valence electrons. The number of piperidine rings is 1. The zero-order valence-electron chi connectivity index (χ0n) is 13.1. The van der Waals surface area contributed by atoms with E-state index in [1.165, 1.54) is 12.8 Å². The Morgan fingerprint density at radius 1 is 1.48 bits per heavy atom. The smallest absolute Gasteiger partial charge is 0.309 e. The van der Waals surface area contributed by atoms with E-state index in [9.17, 15) is 4.79 Å².